The van der Waals surface area contributed by atoms with Gasteiger partial charge in [-0.15, -0.1) is 0 Å². The lowest BCUT2D eigenvalue weighted by Crippen LogP contribution is -2.18. The third-order valence-corrected chi connectivity index (χ3v) is 2.30. The van der Waals surface area contributed by atoms with Crippen LogP contribution in [0.1, 0.15) is 33.7 Å². The first kappa shape index (κ1) is 10.6. The van der Waals surface area contributed by atoms with Crippen molar-refractivity contribution in [2.75, 3.05) is 7.05 Å². The predicted molar refractivity (Wildman–Crippen MR) is 56.7 cm³/mol. The molecule has 16 heavy (non-hydrogen) atoms. The van der Waals surface area contributed by atoms with Gasteiger partial charge >= 0.3 is 0 Å². The Balaban J connectivity index is 2.29. The molecule has 0 saturated heterocycles. The molecule has 0 bridgehead atoms. The fourth-order valence-corrected chi connectivity index (χ4v) is 1.27. The third-order valence-electron chi connectivity index (χ3n) is 2.30. The van der Waals surface area contributed by atoms with Crippen molar-refractivity contribution in [2.24, 2.45) is 0 Å². The lowest BCUT2D eigenvalue weighted by Gasteiger charge is -2.07. The highest BCUT2D eigenvalue weighted by Crippen LogP contribution is 2.28. The van der Waals surface area contributed by atoms with Crippen LogP contribution in [-0.4, -0.2) is 30.3 Å². The molecular formula is C11H12N2O3. The Morgan fingerprint density at radius 2 is 2.38 bits per heavy atom. The summed E-state index contributed by atoms with van der Waals surface area (Å²) in [5.74, 6) is 0.143. The lowest BCUT2D eigenvalue weighted by molar-refractivity contribution is 0.0961. The highest BCUT2D eigenvalue weighted by Gasteiger charge is 2.25. The number of amides is 1. The first-order chi connectivity index (χ1) is 7.74. The summed E-state index contributed by atoms with van der Waals surface area (Å²) in [4.78, 5) is 26.0. The Morgan fingerprint density at radius 3 is 2.94 bits per heavy atom. The molecular weight excluding hydrogens is 208 g/mol. The summed E-state index contributed by atoms with van der Waals surface area (Å²) in [7, 11) is 1.54. The highest BCUT2D eigenvalue weighted by molar-refractivity contribution is 5.94. The molecule has 1 N–H and O–H groups in total. The summed E-state index contributed by atoms with van der Waals surface area (Å²) in [5.41, 5.74) is 0.628. The number of hydrogen-bond acceptors (Lipinski definition) is 4. The monoisotopic (exact) mass is 220 g/mol. The normalized spacial score (nSPS) is 14.3. The molecule has 1 aliphatic carbocycles. The summed E-state index contributed by atoms with van der Waals surface area (Å²) in [6, 6.07) is 1.55. The van der Waals surface area contributed by atoms with E-state index in [0.717, 1.165) is 12.8 Å². The molecule has 0 unspecified atom stereocenters. The van der Waals surface area contributed by atoms with Crippen molar-refractivity contribution in [3.8, 4) is 5.75 Å². The van der Waals surface area contributed by atoms with E-state index in [2.05, 4.69) is 10.3 Å². The molecule has 5 heteroatoms. The van der Waals surface area contributed by atoms with E-state index >= 15 is 0 Å². The van der Waals surface area contributed by atoms with Gasteiger partial charge in [0.15, 0.2) is 6.29 Å². The van der Waals surface area contributed by atoms with E-state index in [9.17, 15) is 9.59 Å². The molecule has 0 aromatic carbocycles. The van der Waals surface area contributed by atoms with Crippen LogP contribution in [0.4, 0.5) is 0 Å². The lowest BCUT2D eigenvalue weighted by atomic mass is 10.2. The number of rotatable bonds is 4. The van der Waals surface area contributed by atoms with Crippen molar-refractivity contribution in [3.63, 3.8) is 0 Å². The third kappa shape index (κ3) is 2.18. The molecule has 1 aromatic rings. The average molecular weight is 220 g/mol. The van der Waals surface area contributed by atoms with Gasteiger partial charge in [-0.1, -0.05) is 0 Å². The van der Waals surface area contributed by atoms with Gasteiger partial charge < -0.3 is 10.1 Å². The van der Waals surface area contributed by atoms with Crippen LogP contribution >= 0.6 is 0 Å². The topological polar surface area (TPSA) is 68.3 Å². The number of nitrogens with one attached hydrogen (secondary N) is 1. The van der Waals surface area contributed by atoms with Gasteiger partial charge in [-0.05, 0) is 18.9 Å². The van der Waals surface area contributed by atoms with Crippen LogP contribution < -0.4 is 10.1 Å². The molecule has 1 heterocycles. The Labute approximate surface area is 92.8 Å². The van der Waals surface area contributed by atoms with Crippen LogP contribution in [0, 0.1) is 0 Å². The maximum absolute atomic E-state index is 11.4. The molecule has 1 fully saturated rings. The number of ether oxygens (including phenoxy) is 1. The van der Waals surface area contributed by atoms with Crippen molar-refractivity contribution in [2.45, 2.75) is 18.9 Å². The number of carbonyl (C=O) groups is 2. The molecule has 84 valence electrons. The molecule has 0 spiro atoms. The molecule has 0 radical (unpaired) electrons. The van der Waals surface area contributed by atoms with Crippen molar-refractivity contribution in [1.82, 2.24) is 10.3 Å². The summed E-state index contributed by atoms with van der Waals surface area (Å²) < 4.78 is 5.51. The largest absolute Gasteiger partial charge is 0.488 e. The fourth-order valence-electron chi connectivity index (χ4n) is 1.27. The van der Waals surface area contributed by atoms with Crippen LogP contribution in [0.15, 0.2) is 12.3 Å². The van der Waals surface area contributed by atoms with Crippen molar-refractivity contribution >= 4 is 12.2 Å². The highest BCUT2D eigenvalue weighted by atomic mass is 16.5. The molecule has 1 aromatic heterocycles. The number of carbonyl (C=O) groups excluding carboxylic acids is 2. The van der Waals surface area contributed by atoms with Crippen LogP contribution in [0.25, 0.3) is 0 Å². The minimum atomic E-state index is -0.245. The van der Waals surface area contributed by atoms with E-state index in [1.165, 1.54) is 13.2 Å². The number of pyridine rings is 1. The second-order valence-electron chi connectivity index (χ2n) is 3.62. The summed E-state index contributed by atoms with van der Waals surface area (Å²) in [6.45, 7) is 0. The minimum Gasteiger partial charge on any atom is -0.488 e. The van der Waals surface area contributed by atoms with Crippen LogP contribution in [0.2, 0.25) is 0 Å². The number of nitrogens with zero attached hydrogens (tertiary/aromatic N) is 1. The van der Waals surface area contributed by atoms with E-state index in [1.807, 2.05) is 0 Å². The average Bonchev–Trinajstić information content (AvgIpc) is 3.12. The minimum absolute atomic E-state index is 0.167. The molecule has 1 saturated carbocycles. The predicted octanol–water partition coefficient (Wildman–Crippen LogP) is 0.795. The smallest absolute Gasteiger partial charge is 0.252 e. The second kappa shape index (κ2) is 4.30. The van der Waals surface area contributed by atoms with Gasteiger partial charge in [0, 0.05) is 13.2 Å². The van der Waals surface area contributed by atoms with Gasteiger partial charge in [0.1, 0.15) is 11.4 Å². The van der Waals surface area contributed by atoms with Crippen molar-refractivity contribution < 1.29 is 14.3 Å². The first-order valence-electron chi connectivity index (χ1n) is 5.08. The summed E-state index contributed by atoms with van der Waals surface area (Å²) >= 11 is 0. The molecule has 0 aliphatic heterocycles. The Kier molecular flexibility index (Phi) is 2.85. The zero-order chi connectivity index (χ0) is 11.5. The zero-order valence-corrected chi connectivity index (χ0v) is 8.90. The van der Waals surface area contributed by atoms with Crippen LogP contribution in [0.3, 0.4) is 0 Å². The van der Waals surface area contributed by atoms with Gasteiger partial charge in [0.25, 0.3) is 5.91 Å². The first-order valence-corrected chi connectivity index (χ1v) is 5.08. The summed E-state index contributed by atoms with van der Waals surface area (Å²) in [5, 5.41) is 2.49. The number of aromatic nitrogens is 1. The van der Waals surface area contributed by atoms with Crippen molar-refractivity contribution in [1.29, 1.82) is 0 Å². The maximum Gasteiger partial charge on any atom is 0.252 e. The Hall–Kier alpha value is -1.91. The van der Waals surface area contributed by atoms with Gasteiger partial charge in [-0.25, -0.2) is 4.98 Å². The van der Waals surface area contributed by atoms with Gasteiger partial charge in [0.2, 0.25) is 0 Å². The standard InChI is InChI=1S/C11H12N2O3/c1-12-11(15)7-4-10(16-8-2-3-8)9(6-14)13-5-7/h4-6,8H,2-3H2,1H3,(H,12,15). The molecule has 5 nitrogen and oxygen atoms in total. The van der Waals surface area contributed by atoms with Gasteiger partial charge in [-0.3, -0.25) is 9.59 Å². The van der Waals surface area contributed by atoms with Crippen LogP contribution in [0.5, 0.6) is 5.75 Å². The van der Waals surface area contributed by atoms with E-state index in [-0.39, 0.29) is 17.7 Å². The zero-order valence-electron chi connectivity index (χ0n) is 8.90. The molecule has 1 aliphatic rings. The van der Waals surface area contributed by atoms with Crippen molar-refractivity contribution in [3.05, 3.63) is 23.5 Å². The Morgan fingerprint density at radius 1 is 1.62 bits per heavy atom. The van der Waals surface area contributed by atoms with E-state index in [0.29, 0.717) is 17.6 Å². The Bertz CT molecular complexity index is 427. The maximum atomic E-state index is 11.4. The SMILES string of the molecule is CNC(=O)c1cnc(C=O)c(OC2CC2)c1. The summed E-state index contributed by atoms with van der Waals surface area (Å²) in [6.07, 6.45) is 4.14. The van der Waals surface area contributed by atoms with Gasteiger partial charge in [0.05, 0.1) is 11.7 Å². The quantitative estimate of drug-likeness (QED) is 0.762. The molecule has 2 rings (SSSR count). The number of aldehydes is 1. The van der Waals surface area contributed by atoms with Gasteiger partial charge in [-0.2, -0.15) is 0 Å². The van der Waals surface area contributed by atoms with E-state index in [4.69, 9.17) is 4.74 Å². The molecule has 0 atom stereocenters. The van der Waals surface area contributed by atoms with Crippen LogP contribution in [-0.2, 0) is 0 Å². The molecule has 1 amide bonds. The number of hydrogen-bond donors (Lipinski definition) is 1. The second-order valence-corrected chi connectivity index (χ2v) is 3.62. The fraction of sp³-hybridized carbons (Fsp3) is 0.364. The van der Waals surface area contributed by atoms with E-state index < -0.39 is 0 Å². The van der Waals surface area contributed by atoms with E-state index in [1.54, 1.807) is 6.07 Å².